The Hall–Kier alpha value is -2.68. The minimum Gasteiger partial charge on any atom is -0.293 e. The Morgan fingerprint density at radius 2 is 1.78 bits per heavy atom. The third-order valence-corrected chi connectivity index (χ3v) is 6.40. The van der Waals surface area contributed by atoms with Gasteiger partial charge in [0.05, 0.1) is 4.91 Å². The number of hydrogen-bond acceptors (Lipinski definition) is 5. The Labute approximate surface area is 201 Å². The highest BCUT2D eigenvalue weighted by Crippen LogP contribution is 2.32. The molecule has 1 saturated heterocycles. The molecule has 1 heterocycles. The van der Waals surface area contributed by atoms with Crippen molar-refractivity contribution in [3.63, 3.8) is 0 Å². The Kier molecular flexibility index (Phi) is 8.44. The van der Waals surface area contributed by atoms with Crippen molar-refractivity contribution in [3.8, 4) is 0 Å². The van der Waals surface area contributed by atoms with Crippen LogP contribution >= 0.6 is 35.6 Å². The van der Waals surface area contributed by atoms with Crippen LogP contribution in [0, 0.1) is 0 Å². The molecule has 2 aromatic carbocycles. The van der Waals surface area contributed by atoms with Crippen molar-refractivity contribution in [3.05, 3.63) is 75.1 Å². The fourth-order valence-electron chi connectivity index (χ4n) is 2.95. The number of halogens is 1. The predicted molar refractivity (Wildman–Crippen MR) is 132 cm³/mol. The molecule has 1 aliphatic rings. The fraction of sp³-hybridized carbons (Fsp3) is 0.217. The molecule has 2 N–H and O–H groups in total. The second-order valence-corrected chi connectivity index (χ2v) is 9.15. The van der Waals surface area contributed by atoms with E-state index in [1.54, 1.807) is 24.3 Å². The maximum atomic E-state index is 12.7. The summed E-state index contributed by atoms with van der Waals surface area (Å²) in [6.45, 7) is 2.42. The van der Waals surface area contributed by atoms with E-state index in [2.05, 4.69) is 17.8 Å². The normalized spacial score (nSPS) is 14.7. The average Bonchev–Trinajstić information content (AvgIpc) is 3.05. The molecule has 166 valence electrons. The van der Waals surface area contributed by atoms with Gasteiger partial charge in [-0.25, -0.2) is 0 Å². The number of rotatable bonds is 7. The number of hydrazine groups is 1. The van der Waals surface area contributed by atoms with Gasteiger partial charge in [-0.3, -0.25) is 30.1 Å². The number of benzene rings is 2. The van der Waals surface area contributed by atoms with Gasteiger partial charge in [-0.15, -0.1) is 0 Å². The van der Waals surface area contributed by atoms with Crippen molar-refractivity contribution >= 4 is 63.7 Å². The molecule has 1 aliphatic heterocycles. The number of thioether (sulfide) groups is 1. The Morgan fingerprint density at radius 1 is 1.09 bits per heavy atom. The van der Waals surface area contributed by atoms with Crippen LogP contribution in [0.1, 0.15) is 41.3 Å². The monoisotopic (exact) mass is 487 g/mol. The molecule has 32 heavy (non-hydrogen) atoms. The minimum atomic E-state index is -0.441. The lowest BCUT2D eigenvalue weighted by molar-refractivity contribution is -0.124. The van der Waals surface area contributed by atoms with Gasteiger partial charge in [0.1, 0.15) is 4.32 Å². The number of amides is 3. The van der Waals surface area contributed by atoms with Crippen LogP contribution in [0.15, 0.2) is 53.4 Å². The van der Waals surface area contributed by atoms with E-state index in [0.717, 1.165) is 12.0 Å². The first-order valence-corrected chi connectivity index (χ1v) is 11.7. The van der Waals surface area contributed by atoms with Gasteiger partial charge in [0.25, 0.3) is 11.8 Å². The standard InChI is InChI=1S/C23H22ClN3O3S2/c1-2-15-5-7-16(8-6-15)14-19-22(30)27(23(31)32-19)13-3-4-20(28)25-26-21(29)17-9-11-18(24)12-10-17/h5-12,14H,2-4,13H2,1H3,(H,25,28)(H,26,29)/b19-14+. The summed E-state index contributed by atoms with van der Waals surface area (Å²) in [5, 5.41) is 0.519. The average molecular weight is 488 g/mol. The molecule has 0 atom stereocenters. The lowest BCUT2D eigenvalue weighted by Gasteiger charge is -2.14. The highest BCUT2D eigenvalue weighted by atomic mass is 35.5. The van der Waals surface area contributed by atoms with Gasteiger partial charge >= 0.3 is 0 Å². The quantitative estimate of drug-likeness (QED) is 0.345. The second-order valence-electron chi connectivity index (χ2n) is 7.04. The summed E-state index contributed by atoms with van der Waals surface area (Å²) in [7, 11) is 0. The fourth-order valence-corrected chi connectivity index (χ4v) is 4.39. The molecule has 3 rings (SSSR count). The Balaban J connectivity index is 1.45. The summed E-state index contributed by atoms with van der Waals surface area (Å²) in [6, 6.07) is 14.3. The number of carbonyl (C=O) groups excluding carboxylic acids is 3. The maximum absolute atomic E-state index is 12.7. The van der Waals surface area contributed by atoms with Gasteiger partial charge in [0, 0.05) is 23.6 Å². The maximum Gasteiger partial charge on any atom is 0.269 e. The highest BCUT2D eigenvalue weighted by Gasteiger charge is 2.31. The van der Waals surface area contributed by atoms with Crippen LogP contribution < -0.4 is 10.9 Å². The molecule has 0 unspecified atom stereocenters. The van der Waals surface area contributed by atoms with E-state index in [9.17, 15) is 14.4 Å². The number of nitrogens with one attached hydrogen (secondary N) is 2. The molecule has 0 radical (unpaired) electrons. The van der Waals surface area contributed by atoms with E-state index in [1.807, 2.05) is 30.3 Å². The summed E-state index contributed by atoms with van der Waals surface area (Å²) >= 11 is 12.4. The summed E-state index contributed by atoms with van der Waals surface area (Å²) < 4.78 is 0.475. The van der Waals surface area contributed by atoms with Gasteiger partial charge in [0.15, 0.2) is 0 Å². The molecular weight excluding hydrogens is 466 g/mol. The molecule has 0 bridgehead atoms. The smallest absolute Gasteiger partial charge is 0.269 e. The van der Waals surface area contributed by atoms with Gasteiger partial charge in [-0.2, -0.15) is 0 Å². The first-order valence-electron chi connectivity index (χ1n) is 10.1. The van der Waals surface area contributed by atoms with E-state index in [-0.39, 0.29) is 18.2 Å². The summed E-state index contributed by atoms with van der Waals surface area (Å²) in [5.41, 5.74) is 7.28. The van der Waals surface area contributed by atoms with E-state index < -0.39 is 5.91 Å². The molecule has 9 heteroatoms. The van der Waals surface area contributed by atoms with E-state index >= 15 is 0 Å². The van der Waals surface area contributed by atoms with Crippen molar-refractivity contribution in [2.45, 2.75) is 26.2 Å². The first-order chi connectivity index (χ1) is 15.4. The molecule has 6 nitrogen and oxygen atoms in total. The molecule has 1 fully saturated rings. The largest absolute Gasteiger partial charge is 0.293 e. The van der Waals surface area contributed by atoms with E-state index in [4.69, 9.17) is 23.8 Å². The number of nitrogens with zero attached hydrogens (tertiary/aromatic N) is 1. The zero-order valence-electron chi connectivity index (χ0n) is 17.4. The van der Waals surface area contributed by atoms with Crippen LogP contribution in [0.4, 0.5) is 0 Å². The predicted octanol–water partition coefficient (Wildman–Crippen LogP) is 4.35. The Morgan fingerprint density at radius 3 is 2.44 bits per heavy atom. The highest BCUT2D eigenvalue weighted by molar-refractivity contribution is 8.26. The first kappa shape index (κ1) is 24.0. The Bertz CT molecular complexity index is 1050. The van der Waals surface area contributed by atoms with Crippen molar-refractivity contribution < 1.29 is 14.4 Å². The summed E-state index contributed by atoms with van der Waals surface area (Å²) in [6.07, 6.45) is 3.33. The van der Waals surface area contributed by atoms with Gasteiger partial charge in [-0.05, 0) is 54.3 Å². The van der Waals surface area contributed by atoms with Crippen LogP contribution in [-0.2, 0) is 16.0 Å². The van der Waals surface area contributed by atoms with Crippen LogP contribution in [0.25, 0.3) is 6.08 Å². The third-order valence-electron chi connectivity index (χ3n) is 4.77. The molecule has 0 saturated carbocycles. The van der Waals surface area contributed by atoms with Crippen molar-refractivity contribution in [2.75, 3.05) is 6.54 Å². The SMILES string of the molecule is CCc1ccc(/C=C2/SC(=S)N(CCCC(=O)NNC(=O)c3ccc(Cl)cc3)C2=O)cc1. The minimum absolute atomic E-state index is 0.134. The van der Waals surface area contributed by atoms with Crippen LogP contribution in [0.3, 0.4) is 0 Å². The topological polar surface area (TPSA) is 78.5 Å². The van der Waals surface area contributed by atoms with E-state index in [0.29, 0.717) is 32.8 Å². The van der Waals surface area contributed by atoms with Gasteiger partial charge in [-0.1, -0.05) is 66.8 Å². The lowest BCUT2D eigenvalue weighted by Crippen LogP contribution is -2.41. The van der Waals surface area contributed by atoms with Crippen molar-refractivity contribution in [2.24, 2.45) is 0 Å². The van der Waals surface area contributed by atoms with Gasteiger partial charge in [0.2, 0.25) is 5.91 Å². The van der Waals surface area contributed by atoms with Crippen LogP contribution in [-0.4, -0.2) is 33.5 Å². The van der Waals surface area contributed by atoms with Gasteiger partial charge < -0.3 is 0 Å². The number of thiocarbonyl (C=S) groups is 1. The molecule has 0 aliphatic carbocycles. The zero-order chi connectivity index (χ0) is 23.1. The van der Waals surface area contributed by atoms with Crippen molar-refractivity contribution in [1.29, 1.82) is 0 Å². The lowest BCUT2D eigenvalue weighted by atomic mass is 10.1. The number of aryl methyl sites for hydroxylation is 1. The molecule has 0 spiro atoms. The zero-order valence-corrected chi connectivity index (χ0v) is 19.8. The molecule has 2 aromatic rings. The van der Waals surface area contributed by atoms with E-state index in [1.165, 1.54) is 22.2 Å². The molecule has 0 aromatic heterocycles. The van der Waals surface area contributed by atoms with Crippen LogP contribution in [0.2, 0.25) is 5.02 Å². The molecule has 3 amide bonds. The molecular formula is C23H22ClN3O3S2. The number of hydrogen-bond donors (Lipinski definition) is 2. The second kappa shape index (κ2) is 11.3. The summed E-state index contributed by atoms with van der Waals surface area (Å²) in [4.78, 5) is 38.8. The van der Waals surface area contributed by atoms with Crippen LogP contribution in [0.5, 0.6) is 0 Å². The van der Waals surface area contributed by atoms with Crippen molar-refractivity contribution in [1.82, 2.24) is 15.8 Å². The third kappa shape index (κ3) is 6.41. The number of carbonyl (C=O) groups is 3. The summed E-state index contributed by atoms with van der Waals surface area (Å²) in [5.74, 6) is -0.954.